The van der Waals surface area contributed by atoms with E-state index in [2.05, 4.69) is 52.9 Å². The van der Waals surface area contributed by atoms with Crippen molar-refractivity contribution in [3.8, 4) is 0 Å². The van der Waals surface area contributed by atoms with Gasteiger partial charge in [-0.15, -0.1) is 0 Å². The summed E-state index contributed by atoms with van der Waals surface area (Å²) in [5, 5.41) is 0. The number of rotatable bonds is 5. The molecule has 1 aliphatic heterocycles. The van der Waals surface area contributed by atoms with Crippen LogP contribution in [-0.2, 0) is 11.2 Å². The molecule has 0 radical (unpaired) electrons. The van der Waals surface area contributed by atoms with Gasteiger partial charge in [0.15, 0.2) is 0 Å². The van der Waals surface area contributed by atoms with Crippen LogP contribution in [0.5, 0.6) is 0 Å². The van der Waals surface area contributed by atoms with E-state index in [1.807, 2.05) is 7.11 Å². The Morgan fingerprint density at radius 1 is 1.48 bits per heavy atom. The Morgan fingerprint density at radius 3 is 2.90 bits per heavy atom. The number of piperidine rings is 1. The molecule has 0 spiro atoms. The SMILES string of the molecule is CCC(N)Cc1cc(Br)ccc1N1CCC(C)C(OC)C1. The molecule has 3 atom stereocenters. The van der Waals surface area contributed by atoms with Crippen LogP contribution in [0.2, 0.25) is 0 Å². The quantitative estimate of drug-likeness (QED) is 0.877. The molecule has 0 saturated carbocycles. The van der Waals surface area contributed by atoms with Crippen molar-refractivity contribution in [3.63, 3.8) is 0 Å². The first-order valence-electron chi connectivity index (χ1n) is 7.86. The van der Waals surface area contributed by atoms with Crippen molar-refractivity contribution >= 4 is 21.6 Å². The van der Waals surface area contributed by atoms with Crippen molar-refractivity contribution in [2.75, 3.05) is 25.1 Å². The molecule has 1 fully saturated rings. The van der Waals surface area contributed by atoms with Crippen LogP contribution >= 0.6 is 15.9 Å². The van der Waals surface area contributed by atoms with E-state index in [0.29, 0.717) is 12.0 Å². The average Bonchev–Trinajstić information content (AvgIpc) is 2.48. The number of anilines is 1. The van der Waals surface area contributed by atoms with E-state index >= 15 is 0 Å². The molecule has 21 heavy (non-hydrogen) atoms. The smallest absolute Gasteiger partial charge is 0.0772 e. The fourth-order valence-corrected chi connectivity index (χ4v) is 3.42. The lowest BCUT2D eigenvalue weighted by molar-refractivity contribution is 0.0498. The van der Waals surface area contributed by atoms with Gasteiger partial charge >= 0.3 is 0 Å². The molecule has 3 nitrogen and oxygen atoms in total. The maximum atomic E-state index is 6.17. The molecule has 0 aliphatic carbocycles. The van der Waals surface area contributed by atoms with Gasteiger partial charge in [-0.3, -0.25) is 0 Å². The molecule has 4 heteroatoms. The standard InChI is InChI=1S/C17H27BrN2O/c1-4-15(19)10-13-9-14(18)5-6-16(13)20-8-7-12(2)17(11-20)21-3/h5-6,9,12,15,17H,4,7-8,10-11,19H2,1-3H3. The number of nitrogens with two attached hydrogens (primary N) is 1. The van der Waals surface area contributed by atoms with E-state index in [1.165, 1.54) is 17.7 Å². The molecular formula is C17H27BrN2O. The van der Waals surface area contributed by atoms with Crippen LogP contribution in [0.25, 0.3) is 0 Å². The fraction of sp³-hybridized carbons (Fsp3) is 0.647. The zero-order valence-corrected chi connectivity index (χ0v) is 14.9. The molecule has 1 aromatic carbocycles. The highest BCUT2D eigenvalue weighted by atomic mass is 79.9. The number of benzene rings is 1. The maximum Gasteiger partial charge on any atom is 0.0772 e. The van der Waals surface area contributed by atoms with Gasteiger partial charge in [0.25, 0.3) is 0 Å². The minimum atomic E-state index is 0.222. The monoisotopic (exact) mass is 354 g/mol. The summed E-state index contributed by atoms with van der Waals surface area (Å²) in [6.07, 6.45) is 3.42. The van der Waals surface area contributed by atoms with Crippen molar-refractivity contribution in [3.05, 3.63) is 28.2 Å². The predicted molar refractivity (Wildman–Crippen MR) is 92.9 cm³/mol. The highest BCUT2D eigenvalue weighted by Crippen LogP contribution is 2.30. The van der Waals surface area contributed by atoms with Crippen LogP contribution in [0.3, 0.4) is 0 Å². The molecule has 118 valence electrons. The summed E-state index contributed by atoms with van der Waals surface area (Å²) in [5.74, 6) is 0.628. The van der Waals surface area contributed by atoms with Crippen LogP contribution in [0.15, 0.2) is 22.7 Å². The molecular weight excluding hydrogens is 328 g/mol. The predicted octanol–water partition coefficient (Wildman–Crippen LogP) is 3.59. The minimum absolute atomic E-state index is 0.222. The summed E-state index contributed by atoms with van der Waals surface area (Å²) in [6.45, 7) is 6.48. The third-order valence-corrected chi connectivity index (χ3v) is 5.07. The van der Waals surface area contributed by atoms with Crippen molar-refractivity contribution in [1.82, 2.24) is 0 Å². The Balaban J connectivity index is 2.22. The molecule has 1 heterocycles. The van der Waals surface area contributed by atoms with E-state index in [-0.39, 0.29) is 6.04 Å². The summed E-state index contributed by atoms with van der Waals surface area (Å²) in [5.41, 5.74) is 8.82. The lowest BCUT2D eigenvalue weighted by atomic mass is 9.94. The summed E-state index contributed by atoms with van der Waals surface area (Å²) in [7, 11) is 1.82. The first-order chi connectivity index (χ1) is 10.0. The van der Waals surface area contributed by atoms with Crippen LogP contribution in [0.4, 0.5) is 5.69 Å². The summed E-state index contributed by atoms with van der Waals surface area (Å²) in [4.78, 5) is 2.46. The van der Waals surface area contributed by atoms with Gasteiger partial charge in [0.05, 0.1) is 6.10 Å². The van der Waals surface area contributed by atoms with Gasteiger partial charge in [-0.25, -0.2) is 0 Å². The van der Waals surface area contributed by atoms with Crippen molar-refractivity contribution < 1.29 is 4.74 Å². The largest absolute Gasteiger partial charge is 0.379 e. The minimum Gasteiger partial charge on any atom is -0.379 e. The normalized spacial score (nSPS) is 24.1. The number of ether oxygens (including phenoxy) is 1. The third-order valence-electron chi connectivity index (χ3n) is 4.58. The third kappa shape index (κ3) is 4.21. The molecule has 0 bridgehead atoms. The number of hydrogen-bond acceptors (Lipinski definition) is 3. The lowest BCUT2D eigenvalue weighted by Gasteiger charge is -2.38. The van der Waals surface area contributed by atoms with Gasteiger partial charge in [-0.2, -0.15) is 0 Å². The summed E-state index contributed by atoms with van der Waals surface area (Å²) >= 11 is 3.58. The van der Waals surface area contributed by atoms with E-state index in [1.54, 1.807) is 0 Å². The summed E-state index contributed by atoms with van der Waals surface area (Å²) < 4.78 is 6.77. The molecule has 1 saturated heterocycles. The highest BCUT2D eigenvalue weighted by Gasteiger charge is 2.27. The van der Waals surface area contributed by atoms with E-state index < -0.39 is 0 Å². The maximum absolute atomic E-state index is 6.17. The molecule has 1 aliphatic rings. The molecule has 2 N–H and O–H groups in total. The van der Waals surface area contributed by atoms with Gasteiger partial charge in [0, 0.05) is 36.4 Å². The Morgan fingerprint density at radius 2 is 2.24 bits per heavy atom. The van der Waals surface area contributed by atoms with E-state index in [9.17, 15) is 0 Å². The van der Waals surface area contributed by atoms with Crippen molar-refractivity contribution in [2.45, 2.75) is 45.3 Å². The second kappa shape index (κ2) is 7.61. The first-order valence-corrected chi connectivity index (χ1v) is 8.66. The first kappa shape index (κ1) is 16.8. The fourth-order valence-electron chi connectivity index (χ4n) is 3.01. The Kier molecular flexibility index (Phi) is 6.08. The van der Waals surface area contributed by atoms with Gasteiger partial charge in [0.1, 0.15) is 0 Å². The zero-order chi connectivity index (χ0) is 15.4. The van der Waals surface area contributed by atoms with Crippen LogP contribution in [-0.4, -0.2) is 32.3 Å². The van der Waals surface area contributed by atoms with Gasteiger partial charge < -0.3 is 15.4 Å². The average molecular weight is 355 g/mol. The van der Waals surface area contributed by atoms with E-state index in [0.717, 1.165) is 30.4 Å². The highest BCUT2D eigenvalue weighted by molar-refractivity contribution is 9.10. The zero-order valence-electron chi connectivity index (χ0n) is 13.3. The van der Waals surface area contributed by atoms with Crippen molar-refractivity contribution in [1.29, 1.82) is 0 Å². The Bertz CT molecular complexity index is 466. The second-order valence-corrected chi connectivity index (χ2v) is 7.05. The Labute approximate surface area is 137 Å². The molecule has 0 amide bonds. The van der Waals surface area contributed by atoms with Gasteiger partial charge in [-0.05, 0) is 48.9 Å². The van der Waals surface area contributed by atoms with Crippen LogP contribution in [0, 0.1) is 5.92 Å². The molecule has 3 unspecified atom stereocenters. The number of halogens is 1. The van der Waals surface area contributed by atoms with Crippen molar-refractivity contribution in [2.24, 2.45) is 11.7 Å². The number of methoxy groups -OCH3 is 1. The second-order valence-electron chi connectivity index (χ2n) is 6.13. The topological polar surface area (TPSA) is 38.5 Å². The lowest BCUT2D eigenvalue weighted by Crippen LogP contribution is -2.44. The number of hydrogen-bond donors (Lipinski definition) is 1. The molecule has 0 aromatic heterocycles. The van der Waals surface area contributed by atoms with E-state index in [4.69, 9.17) is 10.5 Å². The molecule has 2 rings (SSSR count). The van der Waals surface area contributed by atoms with Gasteiger partial charge in [-0.1, -0.05) is 29.8 Å². The van der Waals surface area contributed by atoms with Gasteiger partial charge in [0.2, 0.25) is 0 Å². The van der Waals surface area contributed by atoms with Crippen LogP contribution < -0.4 is 10.6 Å². The molecule has 1 aromatic rings. The summed E-state index contributed by atoms with van der Waals surface area (Å²) in [6, 6.07) is 6.77. The van der Waals surface area contributed by atoms with Crippen LogP contribution in [0.1, 0.15) is 32.3 Å². The Hall–Kier alpha value is -0.580. The number of nitrogens with zero attached hydrogens (tertiary/aromatic N) is 1.